The van der Waals surface area contributed by atoms with Crippen molar-refractivity contribution in [2.24, 2.45) is 0 Å². The molecular weight excluding hydrogens is 306 g/mol. The van der Waals surface area contributed by atoms with Crippen LogP contribution >= 0.6 is 0 Å². The van der Waals surface area contributed by atoms with Gasteiger partial charge in [0, 0.05) is 12.2 Å². The van der Waals surface area contributed by atoms with E-state index < -0.39 is 22.8 Å². The molecule has 1 aromatic carbocycles. The number of anilines is 1. The summed E-state index contributed by atoms with van der Waals surface area (Å²) >= 11 is 0. The van der Waals surface area contributed by atoms with E-state index in [1.165, 1.54) is 13.2 Å². The number of amides is 2. The van der Waals surface area contributed by atoms with Crippen LogP contribution in [0.1, 0.15) is 16.1 Å². The van der Waals surface area contributed by atoms with Gasteiger partial charge < -0.3 is 14.5 Å². The van der Waals surface area contributed by atoms with E-state index >= 15 is 0 Å². The molecule has 2 aromatic rings. The molecule has 120 valence electrons. The maximum atomic E-state index is 11.8. The molecule has 0 aliphatic rings. The van der Waals surface area contributed by atoms with Gasteiger partial charge >= 0.3 is 12.0 Å². The fraction of sp³-hybridized carbons (Fsp3) is 0.143. The Labute approximate surface area is 130 Å². The van der Waals surface area contributed by atoms with Crippen molar-refractivity contribution < 1.29 is 23.7 Å². The highest BCUT2D eigenvalue weighted by molar-refractivity contribution is 5.91. The molecule has 0 spiro atoms. The van der Waals surface area contributed by atoms with Crippen molar-refractivity contribution in [3.8, 4) is 0 Å². The zero-order valence-corrected chi connectivity index (χ0v) is 12.1. The topological polar surface area (TPSA) is 124 Å². The number of hydrogen-bond acceptors (Lipinski definition) is 6. The normalized spacial score (nSPS) is 9.96. The molecule has 0 saturated heterocycles. The molecule has 0 radical (unpaired) electrons. The Kier molecular flexibility index (Phi) is 4.92. The minimum Gasteiger partial charge on any atom is -0.453 e. The molecule has 1 aromatic heterocycles. The molecule has 1 heterocycles. The first kappa shape index (κ1) is 16.0. The number of carbonyl (C=O) groups excluding carboxylic acids is 2. The van der Waals surface area contributed by atoms with Crippen molar-refractivity contribution >= 4 is 23.6 Å². The van der Waals surface area contributed by atoms with Gasteiger partial charge in [-0.3, -0.25) is 20.2 Å². The highest BCUT2D eigenvalue weighted by Crippen LogP contribution is 2.15. The van der Waals surface area contributed by atoms with Crippen molar-refractivity contribution in [2.45, 2.75) is 6.54 Å². The lowest BCUT2D eigenvalue weighted by Gasteiger charge is -2.06. The van der Waals surface area contributed by atoms with E-state index in [1.54, 1.807) is 24.3 Å². The Balaban J connectivity index is 1.90. The lowest BCUT2D eigenvalue weighted by Crippen LogP contribution is -2.22. The molecule has 0 unspecified atom stereocenters. The van der Waals surface area contributed by atoms with E-state index in [9.17, 15) is 19.7 Å². The predicted molar refractivity (Wildman–Crippen MR) is 79.0 cm³/mol. The van der Waals surface area contributed by atoms with Crippen LogP contribution in [-0.2, 0) is 11.3 Å². The Bertz CT molecular complexity index is 722. The van der Waals surface area contributed by atoms with Crippen LogP contribution in [0.15, 0.2) is 40.8 Å². The van der Waals surface area contributed by atoms with Gasteiger partial charge in [-0.25, -0.2) is 4.79 Å². The van der Waals surface area contributed by atoms with E-state index in [4.69, 9.17) is 4.42 Å². The van der Waals surface area contributed by atoms with Crippen LogP contribution in [0.3, 0.4) is 0 Å². The largest absolute Gasteiger partial charge is 0.453 e. The van der Waals surface area contributed by atoms with Gasteiger partial charge in [0.25, 0.3) is 5.91 Å². The van der Waals surface area contributed by atoms with Crippen molar-refractivity contribution in [1.82, 2.24) is 5.32 Å². The second-order valence-electron chi connectivity index (χ2n) is 4.39. The van der Waals surface area contributed by atoms with Gasteiger partial charge in [0.1, 0.15) is 4.92 Å². The molecule has 9 heteroatoms. The first-order chi connectivity index (χ1) is 11.0. The molecule has 0 fully saturated rings. The molecule has 2 N–H and O–H groups in total. The molecule has 0 aliphatic carbocycles. The Morgan fingerprint density at radius 1 is 1.22 bits per heavy atom. The summed E-state index contributed by atoms with van der Waals surface area (Å²) in [5, 5.41) is 15.6. The molecule has 0 aliphatic heterocycles. The van der Waals surface area contributed by atoms with Crippen LogP contribution in [0.25, 0.3) is 0 Å². The molecule has 0 bridgehead atoms. The minimum atomic E-state index is -0.718. The van der Waals surface area contributed by atoms with Crippen LogP contribution in [-0.4, -0.2) is 24.0 Å². The van der Waals surface area contributed by atoms with E-state index in [1.807, 2.05) is 0 Å². The molecule has 0 atom stereocenters. The maximum Gasteiger partial charge on any atom is 0.433 e. The Morgan fingerprint density at radius 3 is 2.48 bits per heavy atom. The number of carbonyl (C=O) groups is 2. The zero-order valence-electron chi connectivity index (χ0n) is 12.1. The lowest BCUT2D eigenvalue weighted by atomic mass is 10.2. The number of methoxy groups -OCH3 is 1. The second kappa shape index (κ2) is 7.07. The number of ether oxygens (including phenoxy) is 1. The van der Waals surface area contributed by atoms with Crippen molar-refractivity contribution in [1.29, 1.82) is 0 Å². The summed E-state index contributed by atoms with van der Waals surface area (Å²) in [5.41, 5.74) is 1.32. The van der Waals surface area contributed by atoms with Crippen molar-refractivity contribution in [3.05, 3.63) is 57.8 Å². The highest BCUT2D eigenvalue weighted by atomic mass is 16.6. The van der Waals surface area contributed by atoms with Crippen LogP contribution in [0.4, 0.5) is 16.4 Å². The van der Waals surface area contributed by atoms with Gasteiger partial charge in [-0.1, -0.05) is 12.1 Å². The lowest BCUT2D eigenvalue weighted by molar-refractivity contribution is -0.402. The van der Waals surface area contributed by atoms with E-state index in [0.29, 0.717) is 5.69 Å². The van der Waals surface area contributed by atoms with Gasteiger partial charge in [-0.15, -0.1) is 0 Å². The highest BCUT2D eigenvalue weighted by Gasteiger charge is 2.16. The van der Waals surface area contributed by atoms with E-state index in [-0.39, 0.29) is 12.3 Å². The third kappa shape index (κ3) is 4.30. The van der Waals surface area contributed by atoms with Gasteiger partial charge in [0.05, 0.1) is 13.2 Å². The van der Waals surface area contributed by atoms with Gasteiger partial charge in [0.15, 0.2) is 5.76 Å². The quantitative estimate of drug-likeness (QED) is 0.643. The number of furan rings is 1. The summed E-state index contributed by atoms with van der Waals surface area (Å²) in [6, 6.07) is 9.05. The number of hydrogen-bond donors (Lipinski definition) is 2. The number of nitrogens with zero attached hydrogens (tertiary/aromatic N) is 1. The number of nitro groups is 1. The third-order valence-corrected chi connectivity index (χ3v) is 2.83. The maximum absolute atomic E-state index is 11.8. The summed E-state index contributed by atoms with van der Waals surface area (Å²) in [6.07, 6.45) is -0.578. The number of nitrogens with one attached hydrogen (secondary N) is 2. The molecule has 23 heavy (non-hydrogen) atoms. The van der Waals surface area contributed by atoms with Crippen LogP contribution in [0.5, 0.6) is 0 Å². The summed E-state index contributed by atoms with van der Waals surface area (Å²) < 4.78 is 9.26. The predicted octanol–water partition coefficient (Wildman–Crippen LogP) is 2.30. The first-order valence-electron chi connectivity index (χ1n) is 6.46. The van der Waals surface area contributed by atoms with E-state index in [2.05, 4.69) is 15.4 Å². The Morgan fingerprint density at radius 2 is 1.91 bits per heavy atom. The summed E-state index contributed by atoms with van der Waals surface area (Å²) in [4.78, 5) is 32.6. The summed E-state index contributed by atoms with van der Waals surface area (Å²) in [5.74, 6) is -1.19. The SMILES string of the molecule is COC(=O)Nc1ccc(CNC(=O)c2ccc([N+](=O)[O-])o2)cc1. The summed E-state index contributed by atoms with van der Waals surface area (Å²) in [7, 11) is 1.26. The number of benzene rings is 1. The fourth-order valence-electron chi connectivity index (χ4n) is 1.69. The van der Waals surface area contributed by atoms with Crippen LogP contribution < -0.4 is 10.6 Å². The molecule has 0 saturated carbocycles. The Hall–Kier alpha value is -3.36. The van der Waals surface area contributed by atoms with Crippen LogP contribution in [0.2, 0.25) is 0 Å². The average Bonchev–Trinajstić information content (AvgIpc) is 3.04. The smallest absolute Gasteiger partial charge is 0.433 e. The van der Waals surface area contributed by atoms with Crippen LogP contribution in [0, 0.1) is 10.1 Å². The molecule has 9 nitrogen and oxygen atoms in total. The van der Waals surface area contributed by atoms with Crippen molar-refractivity contribution in [2.75, 3.05) is 12.4 Å². The molecule has 2 rings (SSSR count). The number of rotatable bonds is 5. The standard InChI is InChI=1S/C14H13N3O6/c1-22-14(19)16-10-4-2-9(3-5-10)8-15-13(18)11-6-7-12(23-11)17(20)21/h2-7H,8H2,1H3,(H,15,18)(H,16,19). The van der Waals surface area contributed by atoms with Gasteiger partial charge in [-0.2, -0.15) is 0 Å². The van der Waals surface area contributed by atoms with Crippen molar-refractivity contribution in [3.63, 3.8) is 0 Å². The molecule has 2 amide bonds. The van der Waals surface area contributed by atoms with Gasteiger partial charge in [0.2, 0.25) is 0 Å². The second-order valence-corrected chi connectivity index (χ2v) is 4.39. The monoisotopic (exact) mass is 319 g/mol. The first-order valence-corrected chi connectivity index (χ1v) is 6.46. The van der Waals surface area contributed by atoms with E-state index in [0.717, 1.165) is 11.6 Å². The fourth-order valence-corrected chi connectivity index (χ4v) is 1.69. The third-order valence-electron chi connectivity index (χ3n) is 2.83. The zero-order chi connectivity index (χ0) is 16.8. The molecular formula is C14H13N3O6. The average molecular weight is 319 g/mol. The van der Waals surface area contributed by atoms with Gasteiger partial charge in [-0.05, 0) is 23.8 Å². The minimum absolute atomic E-state index is 0.138. The summed E-state index contributed by atoms with van der Waals surface area (Å²) in [6.45, 7) is 0.200.